The topological polar surface area (TPSA) is 43.8 Å². The fourth-order valence-electron chi connectivity index (χ4n) is 3.05. The van der Waals surface area contributed by atoms with E-state index in [-0.39, 0.29) is 0 Å². The van der Waals surface area contributed by atoms with E-state index in [1.165, 1.54) is 30.3 Å². The van der Waals surface area contributed by atoms with Crippen LogP contribution in [-0.4, -0.2) is 21.1 Å². The van der Waals surface area contributed by atoms with Crippen LogP contribution in [0.2, 0.25) is 0 Å². The molecule has 4 heteroatoms. The maximum absolute atomic E-state index is 6.14. The van der Waals surface area contributed by atoms with Crippen LogP contribution in [0, 0.1) is 6.92 Å². The first-order valence-corrected chi connectivity index (χ1v) is 7.76. The Morgan fingerprint density at radius 3 is 3.00 bits per heavy atom. The summed E-state index contributed by atoms with van der Waals surface area (Å²) in [5, 5.41) is 0.671. The molecule has 1 saturated carbocycles. The third-order valence-electron chi connectivity index (χ3n) is 3.92. The molecule has 1 fully saturated rings. The van der Waals surface area contributed by atoms with Crippen molar-refractivity contribution in [3.63, 3.8) is 0 Å². The van der Waals surface area contributed by atoms with E-state index in [2.05, 4.69) is 40.9 Å². The Hall–Kier alpha value is -1.16. The smallest absolute Gasteiger partial charge is 0.201 e. The molecule has 1 heterocycles. The fourth-order valence-corrected chi connectivity index (χ4v) is 4.02. The zero-order chi connectivity index (χ0) is 12.7. The Morgan fingerprint density at radius 1 is 1.39 bits per heavy atom. The highest BCUT2D eigenvalue weighted by Crippen LogP contribution is 2.40. The monoisotopic (exact) mass is 261 g/mol. The van der Waals surface area contributed by atoms with Gasteiger partial charge < -0.3 is 10.3 Å². The molecule has 2 aromatic rings. The number of nitrogens with zero attached hydrogens (tertiary/aromatic N) is 2. The number of nitrogen functional groups attached to an aromatic ring is 1. The van der Waals surface area contributed by atoms with E-state index in [9.17, 15) is 0 Å². The molecular weight excluding hydrogens is 242 g/mol. The molecule has 2 atom stereocenters. The molecule has 0 amide bonds. The molecule has 3 rings (SSSR count). The van der Waals surface area contributed by atoms with Gasteiger partial charge in [0.1, 0.15) is 0 Å². The zero-order valence-corrected chi connectivity index (χ0v) is 11.7. The van der Waals surface area contributed by atoms with Gasteiger partial charge in [0.05, 0.1) is 11.0 Å². The van der Waals surface area contributed by atoms with Crippen molar-refractivity contribution in [1.82, 2.24) is 9.55 Å². The molecule has 1 aromatic heterocycles. The molecule has 96 valence electrons. The van der Waals surface area contributed by atoms with Crippen LogP contribution < -0.4 is 5.73 Å². The first-order valence-electron chi connectivity index (χ1n) is 6.47. The molecule has 0 saturated heterocycles. The quantitative estimate of drug-likeness (QED) is 0.901. The molecule has 0 spiro atoms. The van der Waals surface area contributed by atoms with Crippen molar-refractivity contribution < 1.29 is 0 Å². The second-order valence-corrected chi connectivity index (χ2v) is 6.18. The minimum Gasteiger partial charge on any atom is -0.369 e. The highest BCUT2D eigenvalue weighted by molar-refractivity contribution is 7.99. The van der Waals surface area contributed by atoms with Gasteiger partial charge in [0.25, 0.3) is 0 Å². The summed E-state index contributed by atoms with van der Waals surface area (Å²) in [6.07, 6.45) is 6.00. The number of hydrogen-bond acceptors (Lipinski definition) is 3. The Kier molecular flexibility index (Phi) is 2.98. The van der Waals surface area contributed by atoms with Crippen LogP contribution in [-0.2, 0) is 0 Å². The second kappa shape index (κ2) is 4.50. The number of anilines is 1. The number of hydrogen-bond donors (Lipinski definition) is 1. The predicted molar refractivity (Wildman–Crippen MR) is 79.1 cm³/mol. The predicted octanol–water partition coefficient (Wildman–Crippen LogP) is 3.38. The molecule has 0 aliphatic heterocycles. The molecule has 1 aliphatic carbocycles. The Bertz CT molecular complexity index is 576. The maximum atomic E-state index is 6.14. The van der Waals surface area contributed by atoms with E-state index in [0.717, 1.165) is 5.52 Å². The number of benzene rings is 1. The third-order valence-corrected chi connectivity index (χ3v) is 5.08. The molecule has 0 radical (unpaired) electrons. The van der Waals surface area contributed by atoms with Gasteiger partial charge in [-0.2, -0.15) is 11.8 Å². The van der Waals surface area contributed by atoms with Crippen molar-refractivity contribution in [3.8, 4) is 0 Å². The van der Waals surface area contributed by atoms with Gasteiger partial charge >= 0.3 is 0 Å². The number of aromatic nitrogens is 2. The van der Waals surface area contributed by atoms with E-state index >= 15 is 0 Å². The van der Waals surface area contributed by atoms with Crippen molar-refractivity contribution in [1.29, 1.82) is 0 Å². The molecule has 18 heavy (non-hydrogen) atoms. The van der Waals surface area contributed by atoms with E-state index in [1.807, 2.05) is 11.8 Å². The van der Waals surface area contributed by atoms with Crippen molar-refractivity contribution in [2.45, 2.75) is 37.5 Å². The van der Waals surface area contributed by atoms with Crippen molar-refractivity contribution in [3.05, 3.63) is 23.8 Å². The minimum absolute atomic E-state index is 0.506. The summed E-state index contributed by atoms with van der Waals surface area (Å²) < 4.78 is 2.26. The van der Waals surface area contributed by atoms with E-state index in [0.29, 0.717) is 17.2 Å². The van der Waals surface area contributed by atoms with Crippen LogP contribution in [0.1, 0.15) is 30.9 Å². The van der Waals surface area contributed by atoms with Gasteiger partial charge in [0, 0.05) is 11.3 Å². The van der Waals surface area contributed by atoms with Crippen LogP contribution >= 0.6 is 11.8 Å². The van der Waals surface area contributed by atoms with Gasteiger partial charge in [-0.15, -0.1) is 0 Å². The molecule has 0 bridgehead atoms. The summed E-state index contributed by atoms with van der Waals surface area (Å²) in [7, 11) is 0. The summed E-state index contributed by atoms with van der Waals surface area (Å²) in [5.41, 5.74) is 9.62. The maximum Gasteiger partial charge on any atom is 0.201 e. The van der Waals surface area contributed by atoms with Crippen LogP contribution in [0.3, 0.4) is 0 Å². The van der Waals surface area contributed by atoms with Crippen LogP contribution in [0.25, 0.3) is 11.0 Å². The van der Waals surface area contributed by atoms with Gasteiger partial charge in [-0.05, 0) is 43.7 Å². The van der Waals surface area contributed by atoms with Gasteiger partial charge in [0.2, 0.25) is 5.95 Å². The Balaban J connectivity index is 2.15. The highest BCUT2D eigenvalue weighted by Gasteiger charge is 2.30. The molecule has 2 unspecified atom stereocenters. The van der Waals surface area contributed by atoms with E-state index in [1.54, 1.807) is 0 Å². The van der Waals surface area contributed by atoms with Crippen molar-refractivity contribution in [2.75, 3.05) is 12.0 Å². The SMILES string of the molecule is CSC1CCCC1n1c(N)nc2ccc(C)cc21. The summed E-state index contributed by atoms with van der Waals surface area (Å²) in [6, 6.07) is 6.88. The van der Waals surface area contributed by atoms with Crippen molar-refractivity contribution in [2.24, 2.45) is 0 Å². The number of thioether (sulfide) groups is 1. The zero-order valence-electron chi connectivity index (χ0n) is 10.9. The van der Waals surface area contributed by atoms with E-state index < -0.39 is 0 Å². The molecule has 3 nitrogen and oxygen atoms in total. The minimum atomic E-state index is 0.506. The largest absolute Gasteiger partial charge is 0.369 e. The highest BCUT2D eigenvalue weighted by atomic mass is 32.2. The lowest BCUT2D eigenvalue weighted by Gasteiger charge is -2.21. The number of fused-ring (bicyclic) bond motifs is 1. The van der Waals surface area contributed by atoms with Crippen LogP contribution in [0.15, 0.2) is 18.2 Å². The summed E-state index contributed by atoms with van der Waals surface area (Å²) >= 11 is 1.96. The molecule has 1 aliphatic rings. The normalized spacial score (nSPS) is 23.9. The lowest BCUT2D eigenvalue weighted by Crippen LogP contribution is -2.17. The number of imidazole rings is 1. The second-order valence-electron chi connectivity index (χ2n) is 5.10. The summed E-state index contributed by atoms with van der Waals surface area (Å²) in [6.45, 7) is 2.12. The third kappa shape index (κ3) is 1.79. The number of aryl methyl sites for hydroxylation is 1. The first kappa shape index (κ1) is 11.9. The van der Waals surface area contributed by atoms with Crippen LogP contribution in [0.5, 0.6) is 0 Å². The lowest BCUT2D eigenvalue weighted by atomic mass is 10.2. The van der Waals surface area contributed by atoms with Gasteiger partial charge in [-0.3, -0.25) is 0 Å². The van der Waals surface area contributed by atoms with Gasteiger partial charge in [-0.25, -0.2) is 4.98 Å². The Morgan fingerprint density at radius 2 is 2.22 bits per heavy atom. The molecular formula is C14H19N3S. The number of rotatable bonds is 2. The van der Waals surface area contributed by atoms with Gasteiger partial charge in [-0.1, -0.05) is 12.5 Å². The number of nitrogens with two attached hydrogens (primary N) is 1. The average Bonchev–Trinajstić information content (AvgIpc) is 2.91. The fraction of sp³-hybridized carbons (Fsp3) is 0.500. The molecule has 1 aromatic carbocycles. The summed E-state index contributed by atoms with van der Waals surface area (Å²) in [5.74, 6) is 0.668. The average molecular weight is 261 g/mol. The standard InChI is InChI=1S/C14H19N3S/c1-9-6-7-10-12(8-9)17(14(15)16-10)11-4-3-5-13(11)18-2/h6-8,11,13H,3-5H2,1-2H3,(H2,15,16). The molecule has 2 N–H and O–H groups in total. The van der Waals surface area contributed by atoms with Crippen molar-refractivity contribution >= 4 is 28.7 Å². The van der Waals surface area contributed by atoms with Gasteiger partial charge in [0.15, 0.2) is 0 Å². The first-order chi connectivity index (χ1) is 8.70. The summed E-state index contributed by atoms with van der Waals surface area (Å²) in [4.78, 5) is 4.50. The van der Waals surface area contributed by atoms with Crippen LogP contribution in [0.4, 0.5) is 5.95 Å². The lowest BCUT2D eigenvalue weighted by molar-refractivity contribution is 0.549. The Labute approximate surface area is 112 Å². The van der Waals surface area contributed by atoms with E-state index in [4.69, 9.17) is 5.73 Å².